The molecule has 2 N–H and O–H groups in total. The van der Waals surface area contributed by atoms with Gasteiger partial charge in [-0.2, -0.15) is 4.68 Å². The van der Waals surface area contributed by atoms with Crippen molar-refractivity contribution in [3.63, 3.8) is 0 Å². The Labute approximate surface area is 132 Å². The topological polar surface area (TPSA) is 114 Å². The van der Waals surface area contributed by atoms with E-state index < -0.39 is 29.5 Å². The van der Waals surface area contributed by atoms with Crippen LogP contribution in [-0.4, -0.2) is 38.0 Å². The van der Waals surface area contributed by atoms with E-state index in [1.165, 1.54) is 6.92 Å². The fraction of sp³-hybridized carbons (Fsp3) is 0.400. The quantitative estimate of drug-likeness (QED) is 0.833. The number of fused-ring (bicyclic) bond motifs is 1. The molecule has 0 unspecified atom stereocenters. The number of hydrogen-bond acceptors (Lipinski definition) is 5. The van der Waals surface area contributed by atoms with Gasteiger partial charge in [0, 0.05) is 0 Å². The summed E-state index contributed by atoms with van der Waals surface area (Å²) in [6, 6.07) is 4.70. The SMILES string of the molecule is CC(C)[C@H](C(=O)N[C@H](C)C(=O)O)n1nnc2ccccc2c1=O. The van der Waals surface area contributed by atoms with E-state index >= 15 is 0 Å². The second kappa shape index (κ2) is 6.55. The van der Waals surface area contributed by atoms with Crippen LogP contribution in [0, 0.1) is 5.92 Å². The Hall–Kier alpha value is -2.77. The highest BCUT2D eigenvalue weighted by molar-refractivity contribution is 5.86. The molecule has 8 heteroatoms. The number of amides is 1. The van der Waals surface area contributed by atoms with Crippen molar-refractivity contribution >= 4 is 22.8 Å². The van der Waals surface area contributed by atoms with Crippen molar-refractivity contribution in [1.82, 2.24) is 20.3 Å². The summed E-state index contributed by atoms with van der Waals surface area (Å²) in [6.45, 7) is 4.85. The number of aliphatic carboxylic acids is 1. The summed E-state index contributed by atoms with van der Waals surface area (Å²) in [4.78, 5) is 35.8. The molecular formula is C15H18N4O4. The van der Waals surface area contributed by atoms with Crippen LogP contribution >= 0.6 is 0 Å². The molecule has 1 aromatic carbocycles. The number of carboxylic acids is 1. The van der Waals surface area contributed by atoms with Gasteiger partial charge in [-0.1, -0.05) is 31.2 Å². The molecule has 0 aliphatic rings. The molecular weight excluding hydrogens is 300 g/mol. The van der Waals surface area contributed by atoms with Gasteiger partial charge < -0.3 is 10.4 Å². The van der Waals surface area contributed by atoms with Crippen molar-refractivity contribution in [3.8, 4) is 0 Å². The largest absolute Gasteiger partial charge is 0.480 e. The summed E-state index contributed by atoms with van der Waals surface area (Å²) < 4.78 is 1.01. The highest BCUT2D eigenvalue weighted by Gasteiger charge is 2.29. The Balaban J connectivity index is 2.46. The Kier molecular flexibility index (Phi) is 4.73. The minimum atomic E-state index is -1.15. The van der Waals surface area contributed by atoms with Gasteiger partial charge in [-0.25, -0.2) is 0 Å². The summed E-state index contributed by atoms with van der Waals surface area (Å²) in [5, 5.41) is 19.4. The van der Waals surface area contributed by atoms with Gasteiger partial charge in [-0.05, 0) is 25.0 Å². The highest BCUT2D eigenvalue weighted by atomic mass is 16.4. The lowest BCUT2D eigenvalue weighted by atomic mass is 10.0. The molecule has 23 heavy (non-hydrogen) atoms. The van der Waals surface area contributed by atoms with Crippen LogP contribution < -0.4 is 10.9 Å². The van der Waals surface area contributed by atoms with Gasteiger partial charge in [-0.3, -0.25) is 14.4 Å². The summed E-state index contributed by atoms with van der Waals surface area (Å²) in [6.07, 6.45) is 0. The predicted molar refractivity (Wildman–Crippen MR) is 82.9 cm³/mol. The third-order valence-corrected chi connectivity index (χ3v) is 3.48. The van der Waals surface area contributed by atoms with Crippen LogP contribution in [0.1, 0.15) is 26.8 Å². The zero-order chi connectivity index (χ0) is 17.1. The van der Waals surface area contributed by atoms with Gasteiger partial charge in [0.1, 0.15) is 17.6 Å². The number of rotatable bonds is 5. The molecule has 2 atom stereocenters. The van der Waals surface area contributed by atoms with Crippen LogP contribution in [0.5, 0.6) is 0 Å². The van der Waals surface area contributed by atoms with Gasteiger partial charge >= 0.3 is 5.97 Å². The summed E-state index contributed by atoms with van der Waals surface area (Å²) >= 11 is 0. The van der Waals surface area contributed by atoms with Crippen molar-refractivity contribution in [2.24, 2.45) is 5.92 Å². The van der Waals surface area contributed by atoms with E-state index in [0.29, 0.717) is 10.9 Å². The lowest BCUT2D eigenvalue weighted by Crippen LogP contribution is -2.46. The fourth-order valence-corrected chi connectivity index (χ4v) is 2.24. The maximum Gasteiger partial charge on any atom is 0.325 e. The number of carbonyl (C=O) groups excluding carboxylic acids is 1. The highest BCUT2D eigenvalue weighted by Crippen LogP contribution is 2.16. The molecule has 2 rings (SSSR count). The third-order valence-electron chi connectivity index (χ3n) is 3.48. The molecule has 0 radical (unpaired) electrons. The number of hydrogen-bond donors (Lipinski definition) is 2. The van der Waals surface area contributed by atoms with Gasteiger partial charge in [0.2, 0.25) is 5.91 Å². The molecule has 2 aromatic rings. The number of carboxylic acid groups (broad SMARTS) is 1. The molecule has 0 bridgehead atoms. The van der Waals surface area contributed by atoms with E-state index in [2.05, 4.69) is 15.6 Å². The summed E-state index contributed by atoms with van der Waals surface area (Å²) in [7, 11) is 0. The zero-order valence-corrected chi connectivity index (χ0v) is 13.1. The molecule has 0 fully saturated rings. The zero-order valence-electron chi connectivity index (χ0n) is 13.1. The van der Waals surface area contributed by atoms with Crippen LogP contribution in [0.4, 0.5) is 0 Å². The molecule has 0 aliphatic heterocycles. The Morgan fingerprint density at radius 2 is 1.87 bits per heavy atom. The van der Waals surface area contributed by atoms with E-state index in [9.17, 15) is 14.4 Å². The first-order valence-electron chi connectivity index (χ1n) is 7.20. The molecule has 1 aromatic heterocycles. The van der Waals surface area contributed by atoms with Crippen LogP contribution in [0.2, 0.25) is 0 Å². The predicted octanol–water partition coefficient (Wildman–Crippen LogP) is 0.578. The monoisotopic (exact) mass is 318 g/mol. The molecule has 8 nitrogen and oxygen atoms in total. The van der Waals surface area contributed by atoms with Crippen LogP contribution in [0.15, 0.2) is 29.1 Å². The minimum Gasteiger partial charge on any atom is -0.480 e. The van der Waals surface area contributed by atoms with Gasteiger partial charge in [0.05, 0.1) is 5.39 Å². The molecule has 0 saturated heterocycles. The van der Waals surface area contributed by atoms with E-state index in [4.69, 9.17) is 5.11 Å². The summed E-state index contributed by atoms with van der Waals surface area (Å²) in [5.74, 6) is -2.01. The normalized spacial score (nSPS) is 13.7. The van der Waals surface area contributed by atoms with E-state index in [1.54, 1.807) is 38.1 Å². The molecule has 0 saturated carbocycles. The van der Waals surface area contributed by atoms with Crippen LogP contribution in [0.3, 0.4) is 0 Å². The smallest absolute Gasteiger partial charge is 0.325 e. The minimum absolute atomic E-state index is 0.274. The molecule has 1 amide bonds. The average molecular weight is 318 g/mol. The fourth-order valence-electron chi connectivity index (χ4n) is 2.24. The molecule has 0 aliphatic carbocycles. The van der Waals surface area contributed by atoms with Crippen molar-refractivity contribution in [1.29, 1.82) is 0 Å². The van der Waals surface area contributed by atoms with Gasteiger partial charge in [0.25, 0.3) is 5.56 Å². The summed E-state index contributed by atoms with van der Waals surface area (Å²) in [5.41, 5.74) is 0.00277. The number of nitrogens with one attached hydrogen (secondary N) is 1. The first-order chi connectivity index (χ1) is 10.8. The maximum atomic E-state index is 12.6. The van der Waals surface area contributed by atoms with Crippen molar-refractivity contribution in [3.05, 3.63) is 34.6 Å². The van der Waals surface area contributed by atoms with Gasteiger partial charge in [0.15, 0.2) is 0 Å². The first-order valence-corrected chi connectivity index (χ1v) is 7.20. The van der Waals surface area contributed by atoms with E-state index in [-0.39, 0.29) is 5.92 Å². The molecule has 0 spiro atoms. The number of carbonyl (C=O) groups is 2. The van der Waals surface area contributed by atoms with E-state index in [0.717, 1.165) is 4.68 Å². The van der Waals surface area contributed by atoms with Crippen molar-refractivity contribution < 1.29 is 14.7 Å². The van der Waals surface area contributed by atoms with Crippen LogP contribution in [-0.2, 0) is 9.59 Å². The Morgan fingerprint density at radius 1 is 1.22 bits per heavy atom. The lowest BCUT2D eigenvalue weighted by Gasteiger charge is -2.22. The third kappa shape index (κ3) is 3.36. The van der Waals surface area contributed by atoms with Crippen LogP contribution in [0.25, 0.3) is 10.9 Å². The average Bonchev–Trinajstić information content (AvgIpc) is 2.49. The lowest BCUT2D eigenvalue weighted by molar-refractivity contribution is -0.142. The Morgan fingerprint density at radius 3 is 2.48 bits per heavy atom. The first kappa shape index (κ1) is 16.6. The number of benzene rings is 1. The maximum absolute atomic E-state index is 12.6. The number of nitrogens with zero attached hydrogens (tertiary/aromatic N) is 3. The van der Waals surface area contributed by atoms with E-state index in [1.807, 2.05) is 0 Å². The molecule has 122 valence electrons. The second-order valence-electron chi connectivity index (χ2n) is 5.61. The molecule has 1 heterocycles. The van der Waals surface area contributed by atoms with Crippen molar-refractivity contribution in [2.75, 3.05) is 0 Å². The van der Waals surface area contributed by atoms with Crippen molar-refractivity contribution in [2.45, 2.75) is 32.9 Å². The van der Waals surface area contributed by atoms with Gasteiger partial charge in [-0.15, -0.1) is 5.10 Å². The second-order valence-corrected chi connectivity index (χ2v) is 5.61. The standard InChI is InChI=1S/C15H18N4O4/c1-8(2)12(13(20)16-9(3)15(22)23)19-14(21)10-6-4-5-7-11(10)17-18-19/h4-9,12H,1-3H3,(H,16,20)(H,22,23)/t9-,12-/m1/s1. The number of aromatic nitrogens is 3. The Bertz CT molecular complexity index is 799.